The van der Waals surface area contributed by atoms with Crippen molar-refractivity contribution >= 4 is 44.1 Å². The monoisotopic (exact) mass is 475 g/mol. The summed E-state index contributed by atoms with van der Waals surface area (Å²) in [5.41, 5.74) is 6.14. The lowest BCUT2D eigenvalue weighted by Crippen LogP contribution is -2.08. The van der Waals surface area contributed by atoms with Gasteiger partial charge in [0.1, 0.15) is 11.3 Å². The fraction of sp³-hybridized carbons (Fsp3) is 0.115. The van der Waals surface area contributed by atoms with Gasteiger partial charge in [-0.05, 0) is 55.3 Å². The molecular formula is C26H22BrNO3. The highest BCUT2D eigenvalue weighted by Gasteiger charge is 2.18. The van der Waals surface area contributed by atoms with Gasteiger partial charge in [-0.25, -0.2) is 0 Å². The highest BCUT2D eigenvalue weighted by molar-refractivity contribution is 9.10. The highest BCUT2D eigenvalue weighted by Crippen LogP contribution is 2.40. The summed E-state index contributed by atoms with van der Waals surface area (Å²) in [5, 5.41) is 3.87. The average molecular weight is 476 g/mol. The molecule has 3 aromatic carbocycles. The normalized spacial score (nSPS) is 11.5. The van der Waals surface area contributed by atoms with Gasteiger partial charge in [-0.1, -0.05) is 46.3 Å². The maximum Gasteiger partial charge on any atom is 0.248 e. The van der Waals surface area contributed by atoms with E-state index in [1.807, 2.05) is 74.5 Å². The van der Waals surface area contributed by atoms with E-state index < -0.39 is 0 Å². The third kappa shape index (κ3) is 4.28. The van der Waals surface area contributed by atoms with Crippen molar-refractivity contribution in [3.8, 4) is 16.9 Å². The SMILES string of the molecule is COc1c(/C(C)=C/C(=O)Nc2ccccc2)cc2c(-c3ccc(Br)cc3)coc2c1C. The third-order valence-corrected chi connectivity index (χ3v) is 5.75. The van der Waals surface area contributed by atoms with Crippen LogP contribution in [-0.2, 0) is 4.79 Å². The van der Waals surface area contributed by atoms with E-state index in [0.29, 0.717) is 5.75 Å². The van der Waals surface area contributed by atoms with Crippen molar-refractivity contribution in [1.29, 1.82) is 0 Å². The van der Waals surface area contributed by atoms with Crippen molar-refractivity contribution < 1.29 is 13.9 Å². The summed E-state index contributed by atoms with van der Waals surface area (Å²) in [6, 6.07) is 19.5. The molecule has 0 fully saturated rings. The van der Waals surface area contributed by atoms with Gasteiger partial charge in [0.25, 0.3) is 0 Å². The number of para-hydroxylation sites is 1. The minimum atomic E-state index is -0.191. The minimum Gasteiger partial charge on any atom is -0.496 e. The second-order valence-electron chi connectivity index (χ2n) is 7.30. The number of allylic oxidation sites excluding steroid dienone is 1. The predicted octanol–water partition coefficient (Wildman–Crippen LogP) is 7.22. The summed E-state index contributed by atoms with van der Waals surface area (Å²) >= 11 is 3.48. The van der Waals surface area contributed by atoms with Crippen LogP contribution in [0.4, 0.5) is 5.69 Å². The molecule has 0 saturated carbocycles. The maximum absolute atomic E-state index is 12.6. The summed E-state index contributed by atoms with van der Waals surface area (Å²) < 4.78 is 12.6. The zero-order chi connectivity index (χ0) is 22.0. The standard InChI is InChI=1S/C26H22BrNO3/c1-16(13-24(29)28-20-7-5-4-6-8-20)21-14-22-23(18-9-11-19(27)12-10-18)15-31-26(22)17(2)25(21)30-3/h4-15H,1-3H3,(H,28,29)/b16-13+. The number of aryl methyl sites for hydroxylation is 1. The summed E-state index contributed by atoms with van der Waals surface area (Å²) in [6.45, 7) is 3.88. The Hall–Kier alpha value is -3.31. The molecule has 0 aliphatic carbocycles. The van der Waals surface area contributed by atoms with Crippen LogP contribution in [0.5, 0.6) is 5.75 Å². The molecule has 1 heterocycles. The maximum atomic E-state index is 12.6. The number of fused-ring (bicyclic) bond motifs is 1. The molecule has 31 heavy (non-hydrogen) atoms. The van der Waals surface area contributed by atoms with Gasteiger partial charge in [0, 0.05) is 38.3 Å². The Morgan fingerprint density at radius 1 is 1.10 bits per heavy atom. The number of furan rings is 1. The van der Waals surface area contributed by atoms with Crippen LogP contribution in [0.25, 0.3) is 27.7 Å². The zero-order valence-electron chi connectivity index (χ0n) is 17.5. The fourth-order valence-corrected chi connectivity index (χ4v) is 3.96. The molecular weight excluding hydrogens is 454 g/mol. The predicted molar refractivity (Wildman–Crippen MR) is 129 cm³/mol. The first-order valence-corrected chi connectivity index (χ1v) is 10.7. The molecule has 156 valence electrons. The lowest BCUT2D eigenvalue weighted by molar-refractivity contribution is -0.111. The molecule has 1 N–H and O–H groups in total. The van der Waals surface area contributed by atoms with Crippen molar-refractivity contribution in [2.45, 2.75) is 13.8 Å². The van der Waals surface area contributed by atoms with Gasteiger partial charge >= 0.3 is 0 Å². The molecule has 1 amide bonds. The summed E-state index contributed by atoms with van der Waals surface area (Å²) in [6.07, 6.45) is 3.36. The Labute approximate surface area is 189 Å². The number of hydrogen-bond acceptors (Lipinski definition) is 3. The van der Waals surface area contributed by atoms with E-state index in [1.54, 1.807) is 19.4 Å². The van der Waals surface area contributed by atoms with E-state index >= 15 is 0 Å². The van der Waals surface area contributed by atoms with Gasteiger partial charge in [-0.15, -0.1) is 0 Å². The molecule has 0 aliphatic rings. The Kier molecular flexibility index (Phi) is 5.96. The van der Waals surface area contributed by atoms with E-state index in [0.717, 1.165) is 49.0 Å². The van der Waals surface area contributed by atoms with Crippen molar-refractivity contribution in [3.05, 3.63) is 88.6 Å². The second kappa shape index (κ2) is 8.82. The Bertz CT molecular complexity index is 1270. The van der Waals surface area contributed by atoms with E-state index in [2.05, 4.69) is 21.2 Å². The number of hydrogen-bond donors (Lipinski definition) is 1. The van der Waals surface area contributed by atoms with Gasteiger partial charge in [-0.3, -0.25) is 4.79 Å². The molecule has 0 bridgehead atoms. The van der Waals surface area contributed by atoms with E-state index in [-0.39, 0.29) is 5.91 Å². The number of benzene rings is 3. The second-order valence-corrected chi connectivity index (χ2v) is 8.21. The van der Waals surface area contributed by atoms with Crippen molar-refractivity contribution in [2.75, 3.05) is 12.4 Å². The molecule has 0 spiro atoms. The van der Waals surface area contributed by atoms with Gasteiger partial charge in [0.2, 0.25) is 5.91 Å². The Balaban J connectivity index is 1.78. The van der Waals surface area contributed by atoms with Gasteiger partial charge < -0.3 is 14.5 Å². The zero-order valence-corrected chi connectivity index (χ0v) is 19.1. The number of anilines is 1. The highest BCUT2D eigenvalue weighted by atomic mass is 79.9. The first kappa shape index (κ1) is 20.9. The molecule has 0 atom stereocenters. The van der Waals surface area contributed by atoms with Gasteiger partial charge in [0.15, 0.2) is 0 Å². The molecule has 5 heteroatoms. The fourth-order valence-electron chi connectivity index (χ4n) is 3.70. The number of halogens is 1. The van der Waals surface area contributed by atoms with Crippen LogP contribution >= 0.6 is 15.9 Å². The van der Waals surface area contributed by atoms with E-state index in [4.69, 9.17) is 9.15 Å². The number of ether oxygens (including phenoxy) is 1. The average Bonchev–Trinajstić information content (AvgIpc) is 3.19. The molecule has 0 saturated heterocycles. The largest absolute Gasteiger partial charge is 0.496 e. The van der Waals surface area contributed by atoms with E-state index in [9.17, 15) is 4.79 Å². The molecule has 0 unspecified atom stereocenters. The lowest BCUT2D eigenvalue weighted by atomic mass is 9.96. The molecule has 0 radical (unpaired) electrons. The van der Waals surface area contributed by atoms with Crippen molar-refractivity contribution in [3.63, 3.8) is 0 Å². The number of nitrogens with one attached hydrogen (secondary N) is 1. The Morgan fingerprint density at radius 2 is 1.81 bits per heavy atom. The van der Waals surface area contributed by atoms with E-state index in [1.165, 1.54) is 0 Å². The molecule has 4 rings (SSSR count). The van der Waals surface area contributed by atoms with Crippen LogP contribution in [0.3, 0.4) is 0 Å². The van der Waals surface area contributed by atoms with Crippen LogP contribution in [0, 0.1) is 6.92 Å². The quantitative estimate of drug-likeness (QED) is 0.310. The number of rotatable bonds is 5. The van der Waals surface area contributed by atoms with Crippen LogP contribution in [0.15, 0.2) is 81.9 Å². The minimum absolute atomic E-state index is 0.191. The first-order chi connectivity index (χ1) is 15.0. The number of amides is 1. The molecule has 4 aromatic rings. The van der Waals surface area contributed by atoms with Crippen molar-refractivity contribution in [2.24, 2.45) is 0 Å². The van der Waals surface area contributed by atoms with Crippen LogP contribution in [-0.4, -0.2) is 13.0 Å². The Morgan fingerprint density at radius 3 is 2.48 bits per heavy atom. The summed E-state index contributed by atoms with van der Waals surface area (Å²) in [5.74, 6) is 0.509. The van der Waals surface area contributed by atoms with Crippen LogP contribution < -0.4 is 10.1 Å². The third-order valence-electron chi connectivity index (χ3n) is 5.22. The van der Waals surface area contributed by atoms with Crippen molar-refractivity contribution in [1.82, 2.24) is 0 Å². The van der Waals surface area contributed by atoms with Crippen LogP contribution in [0.1, 0.15) is 18.1 Å². The van der Waals surface area contributed by atoms with Gasteiger partial charge in [-0.2, -0.15) is 0 Å². The summed E-state index contributed by atoms with van der Waals surface area (Å²) in [7, 11) is 1.63. The van der Waals surface area contributed by atoms with Gasteiger partial charge in [0.05, 0.1) is 13.4 Å². The molecule has 1 aromatic heterocycles. The number of carbonyl (C=O) groups excluding carboxylic acids is 1. The first-order valence-electron chi connectivity index (χ1n) is 9.87. The molecule has 4 nitrogen and oxygen atoms in total. The number of methoxy groups -OCH3 is 1. The number of carbonyl (C=O) groups is 1. The molecule has 0 aliphatic heterocycles. The lowest BCUT2D eigenvalue weighted by Gasteiger charge is -2.13. The topological polar surface area (TPSA) is 51.5 Å². The summed E-state index contributed by atoms with van der Waals surface area (Å²) in [4.78, 5) is 12.6. The van der Waals surface area contributed by atoms with Crippen LogP contribution in [0.2, 0.25) is 0 Å². The smallest absolute Gasteiger partial charge is 0.248 e.